The monoisotopic (exact) mass is 545 g/mol. The summed E-state index contributed by atoms with van der Waals surface area (Å²) in [6, 6.07) is 15.8. The Morgan fingerprint density at radius 1 is 1.06 bits per heavy atom. The van der Waals surface area contributed by atoms with E-state index in [2.05, 4.69) is 27.6 Å². The van der Waals surface area contributed by atoms with Crippen molar-refractivity contribution < 1.29 is 10.0 Å². The summed E-state index contributed by atoms with van der Waals surface area (Å²) in [7, 11) is 0. The van der Waals surface area contributed by atoms with Gasteiger partial charge in [-0.1, -0.05) is 29.8 Å². The Labute approximate surface area is 194 Å². The van der Waals surface area contributed by atoms with Gasteiger partial charge < -0.3 is 5.11 Å². The predicted octanol–water partition coefficient (Wildman–Crippen LogP) is 5.43. The van der Waals surface area contributed by atoms with Crippen molar-refractivity contribution in [3.8, 4) is 11.4 Å². The molecule has 154 valence electrons. The van der Waals surface area contributed by atoms with E-state index < -0.39 is 4.92 Å². The van der Waals surface area contributed by atoms with Gasteiger partial charge in [0.25, 0.3) is 11.2 Å². The van der Waals surface area contributed by atoms with E-state index in [9.17, 15) is 20.0 Å². The van der Waals surface area contributed by atoms with E-state index in [1.54, 1.807) is 48.6 Å². The van der Waals surface area contributed by atoms with Crippen molar-refractivity contribution in [1.29, 1.82) is 0 Å². The van der Waals surface area contributed by atoms with Gasteiger partial charge in [-0.3, -0.25) is 19.5 Å². The molecule has 0 aliphatic carbocycles. The number of aromatic nitrogens is 2. The van der Waals surface area contributed by atoms with Gasteiger partial charge >= 0.3 is 0 Å². The fourth-order valence-electron chi connectivity index (χ4n) is 3.07. The van der Waals surface area contributed by atoms with Crippen LogP contribution in [0.3, 0.4) is 0 Å². The fraction of sp³-hybridized carbons (Fsp3) is 0. The summed E-state index contributed by atoms with van der Waals surface area (Å²) in [5.41, 5.74) is 1.08. The lowest BCUT2D eigenvalue weighted by Crippen LogP contribution is -2.22. The molecule has 0 radical (unpaired) electrons. The van der Waals surface area contributed by atoms with Gasteiger partial charge in [0.2, 0.25) is 0 Å². The molecule has 0 amide bonds. The zero-order chi connectivity index (χ0) is 22.1. The summed E-state index contributed by atoms with van der Waals surface area (Å²) >= 11 is 8.44. The van der Waals surface area contributed by atoms with Crippen molar-refractivity contribution in [3.05, 3.63) is 101 Å². The average molecular weight is 546 g/mol. The number of fused-ring (bicyclic) bond motifs is 1. The van der Waals surface area contributed by atoms with Gasteiger partial charge in [0.05, 0.1) is 26.5 Å². The lowest BCUT2D eigenvalue weighted by Gasteiger charge is -2.13. The Balaban J connectivity index is 1.96. The molecule has 31 heavy (non-hydrogen) atoms. The number of phenolic OH excluding ortho intramolecular Hbond substituents is 1. The maximum Gasteiger partial charge on any atom is 0.271 e. The average Bonchev–Trinajstić information content (AvgIpc) is 2.74. The van der Waals surface area contributed by atoms with E-state index >= 15 is 0 Å². The molecule has 0 atom stereocenters. The van der Waals surface area contributed by atoms with E-state index in [0.717, 1.165) is 9.13 Å². The van der Waals surface area contributed by atoms with Gasteiger partial charge in [-0.15, -0.1) is 0 Å². The molecule has 4 rings (SSSR count). The van der Waals surface area contributed by atoms with E-state index in [1.807, 2.05) is 6.07 Å². The largest absolute Gasteiger partial charge is 0.508 e. The third-order valence-corrected chi connectivity index (χ3v) is 5.53. The Morgan fingerprint density at radius 2 is 1.81 bits per heavy atom. The first-order valence-electron chi connectivity index (χ1n) is 8.97. The normalized spacial score (nSPS) is 11.3. The zero-order valence-electron chi connectivity index (χ0n) is 15.7. The van der Waals surface area contributed by atoms with Crippen LogP contribution < -0.4 is 5.56 Å². The lowest BCUT2D eigenvalue weighted by molar-refractivity contribution is -0.384. The number of benzene rings is 3. The van der Waals surface area contributed by atoms with Crippen LogP contribution in [0.1, 0.15) is 11.4 Å². The van der Waals surface area contributed by atoms with E-state index in [4.69, 9.17) is 11.6 Å². The third-order valence-electron chi connectivity index (χ3n) is 4.56. The van der Waals surface area contributed by atoms with Crippen LogP contribution in [0.4, 0.5) is 5.69 Å². The van der Waals surface area contributed by atoms with Gasteiger partial charge in [0.1, 0.15) is 11.6 Å². The summed E-state index contributed by atoms with van der Waals surface area (Å²) in [4.78, 5) is 28.5. The van der Waals surface area contributed by atoms with Gasteiger partial charge in [-0.25, -0.2) is 4.98 Å². The molecule has 1 N–H and O–H groups in total. The number of non-ortho nitro benzene ring substituents is 1. The lowest BCUT2D eigenvalue weighted by atomic mass is 10.2. The van der Waals surface area contributed by atoms with E-state index in [1.165, 1.54) is 22.8 Å². The number of hydrogen-bond donors (Lipinski definition) is 1. The highest BCUT2D eigenvalue weighted by molar-refractivity contribution is 14.1. The number of nitro benzene ring substituents is 1. The highest BCUT2D eigenvalue weighted by atomic mass is 127. The minimum absolute atomic E-state index is 0.0577. The van der Waals surface area contributed by atoms with Crippen LogP contribution in [0.25, 0.3) is 28.7 Å². The molecule has 0 bridgehead atoms. The van der Waals surface area contributed by atoms with Gasteiger partial charge in [-0.2, -0.15) is 0 Å². The smallest absolute Gasteiger partial charge is 0.271 e. The van der Waals surface area contributed by atoms with Gasteiger partial charge in [0, 0.05) is 15.7 Å². The highest BCUT2D eigenvalue weighted by Crippen LogP contribution is 2.27. The van der Waals surface area contributed by atoms with Crippen LogP contribution in [-0.4, -0.2) is 19.6 Å². The molecular formula is C22H13ClIN3O4. The van der Waals surface area contributed by atoms with Crippen molar-refractivity contribution in [2.45, 2.75) is 0 Å². The number of nitrogens with zero attached hydrogens (tertiary/aromatic N) is 3. The van der Waals surface area contributed by atoms with Crippen molar-refractivity contribution in [2.75, 3.05) is 0 Å². The van der Waals surface area contributed by atoms with Gasteiger partial charge in [-0.05, 0) is 70.6 Å². The number of halogens is 2. The molecule has 0 fully saturated rings. The molecule has 0 unspecified atom stereocenters. The summed E-state index contributed by atoms with van der Waals surface area (Å²) in [6.45, 7) is 0. The molecule has 0 aliphatic heterocycles. The zero-order valence-corrected chi connectivity index (χ0v) is 18.6. The molecule has 1 heterocycles. The molecule has 0 saturated carbocycles. The minimum atomic E-state index is -0.551. The second-order valence-corrected chi connectivity index (χ2v) is 8.24. The Bertz CT molecular complexity index is 1420. The van der Waals surface area contributed by atoms with Crippen LogP contribution in [-0.2, 0) is 0 Å². The standard InChI is InChI=1S/C22H13ClIN3O4/c23-18-12-15(27(30)31)5-9-20(18)26-21(10-3-13-1-6-16(28)7-2-13)25-19-8-4-14(24)11-17(19)22(26)29/h1-12,28H/b10-3+. The predicted molar refractivity (Wildman–Crippen MR) is 129 cm³/mol. The van der Waals surface area contributed by atoms with Crippen LogP contribution in [0.5, 0.6) is 5.75 Å². The van der Waals surface area contributed by atoms with Gasteiger partial charge in [0.15, 0.2) is 0 Å². The molecule has 0 spiro atoms. The van der Waals surface area contributed by atoms with Crippen molar-refractivity contribution in [3.63, 3.8) is 0 Å². The minimum Gasteiger partial charge on any atom is -0.508 e. The van der Waals surface area contributed by atoms with Crippen LogP contribution in [0, 0.1) is 13.7 Å². The first-order chi connectivity index (χ1) is 14.8. The Hall–Kier alpha value is -3.24. The molecule has 9 heteroatoms. The maximum atomic E-state index is 13.4. The Kier molecular flexibility index (Phi) is 5.75. The topological polar surface area (TPSA) is 98.3 Å². The van der Waals surface area contributed by atoms with Crippen LogP contribution >= 0.6 is 34.2 Å². The summed E-state index contributed by atoms with van der Waals surface area (Å²) in [5.74, 6) is 0.452. The fourth-order valence-corrected chi connectivity index (χ4v) is 3.82. The van der Waals surface area contributed by atoms with E-state index in [0.29, 0.717) is 16.7 Å². The molecule has 0 aliphatic rings. The second-order valence-electron chi connectivity index (χ2n) is 6.59. The molecule has 7 nitrogen and oxygen atoms in total. The van der Waals surface area contributed by atoms with Crippen molar-refractivity contribution in [2.24, 2.45) is 0 Å². The van der Waals surface area contributed by atoms with E-state index in [-0.39, 0.29) is 27.7 Å². The Morgan fingerprint density at radius 3 is 2.48 bits per heavy atom. The summed E-state index contributed by atoms with van der Waals surface area (Å²) in [5, 5.41) is 21.0. The van der Waals surface area contributed by atoms with Crippen molar-refractivity contribution in [1.82, 2.24) is 9.55 Å². The highest BCUT2D eigenvalue weighted by Gasteiger charge is 2.16. The second kappa shape index (κ2) is 8.48. The number of rotatable bonds is 4. The molecule has 0 saturated heterocycles. The molecule has 3 aromatic carbocycles. The summed E-state index contributed by atoms with van der Waals surface area (Å²) < 4.78 is 2.21. The molecule has 4 aromatic rings. The summed E-state index contributed by atoms with van der Waals surface area (Å²) in [6.07, 6.45) is 3.40. The SMILES string of the molecule is O=c1c2cc(I)ccc2nc(/C=C/c2ccc(O)cc2)n1-c1ccc([N+](=O)[O-])cc1Cl. The number of aromatic hydroxyl groups is 1. The molecular weight excluding hydrogens is 533 g/mol. The number of nitro groups is 1. The van der Waals surface area contributed by atoms with Crippen LogP contribution in [0.15, 0.2) is 65.5 Å². The number of phenols is 1. The number of hydrogen-bond acceptors (Lipinski definition) is 5. The molecule has 1 aromatic heterocycles. The van der Waals surface area contributed by atoms with Crippen molar-refractivity contribution >= 4 is 62.9 Å². The third kappa shape index (κ3) is 4.30. The van der Waals surface area contributed by atoms with Crippen LogP contribution in [0.2, 0.25) is 5.02 Å². The first kappa shape index (κ1) is 21.0. The first-order valence-corrected chi connectivity index (χ1v) is 10.4. The maximum absolute atomic E-state index is 13.4. The quantitative estimate of drug-likeness (QED) is 0.210.